The summed E-state index contributed by atoms with van der Waals surface area (Å²) >= 11 is 3.32. The third kappa shape index (κ3) is 3.91. The van der Waals surface area contributed by atoms with E-state index in [-0.39, 0.29) is 11.7 Å². The maximum absolute atomic E-state index is 13.8. The van der Waals surface area contributed by atoms with Crippen molar-refractivity contribution in [2.75, 3.05) is 5.75 Å². The highest BCUT2D eigenvalue weighted by Gasteiger charge is 2.16. The predicted octanol–water partition coefficient (Wildman–Crippen LogP) is 5.48. The van der Waals surface area contributed by atoms with Crippen LogP contribution in [-0.2, 0) is 0 Å². The molecule has 0 aliphatic rings. The van der Waals surface area contributed by atoms with Crippen LogP contribution in [0.1, 0.15) is 17.9 Å². The van der Waals surface area contributed by atoms with Crippen molar-refractivity contribution in [2.45, 2.75) is 16.5 Å². The fourth-order valence-corrected chi connectivity index (χ4v) is 3.79. The minimum atomic E-state index is -0.397. The monoisotopic (exact) mass is 296 g/mol. The molecule has 0 N–H and O–H groups in total. The van der Waals surface area contributed by atoms with E-state index >= 15 is 0 Å². The molecule has 2 rings (SSSR count). The lowest BCUT2D eigenvalue weighted by atomic mass is 9.97. The number of thiophene rings is 1. The summed E-state index contributed by atoms with van der Waals surface area (Å²) in [5, 5.41) is 2.01. The van der Waals surface area contributed by atoms with Gasteiger partial charge in [0.25, 0.3) is 0 Å². The molecule has 0 bridgehead atoms. The van der Waals surface area contributed by atoms with Gasteiger partial charge in [-0.15, -0.1) is 29.7 Å². The van der Waals surface area contributed by atoms with Crippen molar-refractivity contribution in [1.29, 1.82) is 0 Å². The summed E-state index contributed by atoms with van der Waals surface area (Å²) in [4.78, 5) is 0. The van der Waals surface area contributed by atoms with E-state index in [2.05, 4.69) is 6.58 Å². The predicted molar refractivity (Wildman–Crippen MR) is 79.0 cm³/mol. The van der Waals surface area contributed by atoms with Crippen LogP contribution in [0.3, 0.4) is 0 Å². The largest absolute Gasteiger partial charge is 0.207 e. The normalized spacial score (nSPS) is 12.3. The minimum Gasteiger partial charge on any atom is -0.207 e. The van der Waals surface area contributed by atoms with E-state index in [1.807, 2.05) is 17.5 Å². The first kappa shape index (κ1) is 14.3. The van der Waals surface area contributed by atoms with Crippen LogP contribution in [0.2, 0.25) is 0 Å². The lowest BCUT2D eigenvalue weighted by molar-refractivity contribution is 0.570. The molecule has 0 spiro atoms. The molecule has 0 nitrogen and oxygen atoms in total. The molecular weight excluding hydrogens is 282 g/mol. The van der Waals surface area contributed by atoms with Crippen molar-refractivity contribution < 1.29 is 8.78 Å². The van der Waals surface area contributed by atoms with Crippen LogP contribution in [0, 0.1) is 11.6 Å². The Balaban J connectivity index is 2.14. The molecule has 1 aromatic carbocycles. The average molecular weight is 296 g/mol. The Morgan fingerprint density at radius 1 is 1.32 bits per heavy atom. The van der Waals surface area contributed by atoms with Gasteiger partial charge in [-0.1, -0.05) is 12.1 Å². The number of benzene rings is 1. The third-order valence-corrected chi connectivity index (χ3v) is 5.06. The van der Waals surface area contributed by atoms with Crippen molar-refractivity contribution in [1.82, 2.24) is 0 Å². The molecule has 100 valence electrons. The van der Waals surface area contributed by atoms with Gasteiger partial charge in [0.15, 0.2) is 0 Å². The Bertz CT molecular complexity index is 535. The number of hydrogen-bond donors (Lipinski definition) is 0. The maximum Gasteiger partial charge on any atom is 0.126 e. The number of thioether (sulfide) groups is 1. The van der Waals surface area contributed by atoms with Crippen LogP contribution >= 0.6 is 23.1 Å². The standard InChI is InChI=1S/C15H14F2S2/c1-2-4-11(10-19-15-5-3-8-18-15)13-9-12(16)6-7-14(13)17/h2-3,5-9,11H,1,4,10H2. The Labute approximate surface area is 120 Å². The lowest BCUT2D eigenvalue weighted by Crippen LogP contribution is -2.04. The van der Waals surface area contributed by atoms with Crippen molar-refractivity contribution in [3.8, 4) is 0 Å². The highest BCUT2D eigenvalue weighted by molar-refractivity contribution is 8.01. The molecule has 0 saturated heterocycles. The van der Waals surface area contributed by atoms with E-state index in [1.165, 1.54) is 16.3 Å². The van der Waals surface area contributed by atoms with Gasteiger partial charge in [0.2, 0.25) is 0 Å². The summed E-state index contributed by atoms with van der Waals surface area (Å²) in [5.41, 5.74) is 0.434. The first-order valence-corrected chi connectivity index (χ1v) is 7.79. The summed E-state index contributed by atoms with van der Waals surface area (Å²) in [7, 11) is 0. The van der Waals surface area contributed by atoms with Crippen LogP contribution < -0.4 is 0 Å². The van der Waals surface area contributed by atoms with Gasteiger partial charge in [0.1, 0.15) is 11.6 Å². The first-order chi connectivity index (χ1) is 9.20. The summed E-state index contributed by atoms with van der Waals surface area (Å²) in [5.74, 6) is -0.0840. The molecule has 4 heteroatoms. The van der Waals surface area contributed by atoms with Gasteiger partial charge in [-0.05, 0) is 47.5 Å². The number of hydrogen-bond acceptors (Lipinski definition) is 2. The zero-order valence-electron chi connectivity index (χ0n) is 10.3. The number of halogens is 2. The Hall–Kier alpha value is -1.13. The van der Waals surface area contributed by atoms with E-state index in [4.69, 9.17) is 0 Å². The van der Waals surface area contributed by atoms with Gasteiger partial charge in [0, 0.05) is 5.75 Å². The van der Waals surface area contributed by atoms with Gasteiger partial charge in [-0.25, -0.2) is 8.78 Å². The summed E-state index contributed by atoms with van der Waals surface area (Å²) in [6, 6.07) is 7.64. The van der Waals surface area contributed by atoms with Crippen molar-refractivity contribution >= 4 is 23.1 Å². The highest BCUT2D eigenvalue weighted by Crippen LogP contribution is 2.32. The van der Waals surface area contributed by atoms with E-state index < -0.39 is 5.82 Å². The molecule has 0 aliphatic heterocycles. The molecule has 1 heterocycles. The third-order valence-electron chi connectivity index (χ3n) is 2.77. The lowest BCUT2D eigenvalue weighted by Gasteiger charge is -2.15. The molecule has 19 heavy (non-hydrogen) atoms. The summed E-state index contributed by atoms with van der Waals surface area (Å²) in [6.45, 7) is 3.70. The molecule has 0 radical (unpaired) electrons. The van der Waals surface area contributed by atoms with Gasteiger partial charge in [0.05, 0.1) is 4.21 Å². The zero-order valence-corrected chi connectivity index (χ0v) is 11.9. The van der Waals surface area contributed by atoms with E-state index in [1.54, 1.807) is 29.2 Å². The Morgan fingerprint density at radius 3 is 2.84 bits per heavy atom. The highest BCUT2D eigenvalue weighted by atomic mass is 32.2. The smallest absolute Gasteiger partial charge is 0.126 e. The molecule has 0 aliphatic carbocycles. The fourth-order valence-electron chi connectivity index (χ4n) is 1.84. The number of rotatable bonds is 6. The fraction of sp³-hybridized carbons (Fsp3) is 0.200. The maximum atomic E-state index is 13.8. The molecule has 1 unspecified atom stereocenters. The summed E-state index contributed by atoms with van der Waals surface area (Å²) in [6.07, 6.45) is 2.39. The van der Waals surface area contributed by atoms with Crippen LogP contribution in [0.25, 0.3) is 0 Å². The van der Waals surface area contributed by atoms with E-state index in [9.17, 15) is 8.78 Å². The molecular formula is C15H14F2S2. The zero-order chi connectivity index (χ0) is 13.7. The first-order valence-electron chi connectivity index (χ1n) is 5.93. The van der Waals surface area contributed by atoms with Crippen molar-refractivity contribution in [3.05, 3.63) is 65.6 Å². The Kier molecular flexibility index (Phi) is 5.16. The van der Waals surface area contributed by atoms with Gasteiger partial charge >= 0.3 is 0 Å². The molecule has 2 aromatic rings. The van der Waals surface area contributed by atoms with Crippen LogP contribution in [0.4, 0.5) is 8.78 Å². The quantitative estimate of drug-likeness (QED) is 0.502. The minimum absolute atomic E-state index is 0.0553. The van der Waals surface area contributed by atoms with E-state index in [0.29, 0.717) is 17.7 Å². The van der Waals surface area contributed by atoms with Gasteiger partial charge < -0.3 is 0 Å². The van der Waals surface area contributed by atoms with Crippen molar-refractivity contribution in [2.24, 2.45) is 0 Å². The second-order valence-corrected chi connectivity index (χ2v) is 6.40. The van der Waals surface area contributed by atoms with Gasteiger partial charge in [-0.3, -0.25) is 0 Å². The number of allylic oxidation sites excluding steroid dienone is 1. The van der Waals surface area contributed by atoms with E-state index in [0.717, 1.165) is 6.07 Å². The molecule has 1 atom stereocenters. The van der Waals surface area contributed by atoms with Crippen LogP contribution in [0.15, 0.2) is 52.6 Å². The molecule has 0 fully saturated rings. The SMILES string of the molecule is C=CCC(CSc1cccs1)c1cc(F)ccc1F. The Morgan fingerprint density at radius 2 is 2.16 bits per heavy atom. The average Bonchev–Trinajstić information content (AvgIpc) is 2.91. The summed E-state index contributed by atoms with van der Waals surface area (Å²) < 4.78 is 28.3. The van der Waals surface area contributed by atoms with Crippen molar-refractivity contribution in [3.63, 3.8) is 0 Å². The van der Waals surface area contributed by atoms with Crippen LogP contribution in [0.5, 0.6) is 0 Å². The second kappa shape index (κ2) is 6.87. The molecule has 1 aromatic heterocycles. The van der Waals surface area contributed by atoms with Crippen LogP contribution in [-0.4, -0.2) is 5.75 Å². The molecule has 0 amide bonds. The topological polar surface area (TPSA) is 0 Å². The molecule has 0 saturated carbocycles. The van der Waals surface area contributed by atoms with Gasteiger partial charge in [-0.2, -0.15) is 0 Å². The second-order valence-electron chi connectivity index (χ2n) is 4.13.